The quantitative estimate of drug-likeness (QED) is 0.252. The zero-order chi connectivity index (χ0) is 23.2. The molecule has 0 amide bonds. The number of halogens is 1. The molecule has 0 spiro atoms. The van der Waals surface area contributed by atoms with Gasteiger partial charge < -0.3 is 29.6 Å². The van der Waals surface area contributed by atoms with E-state index in [1.165, 1.54) is 11.1 Å². The maximum absolute atomic E-state index is 10.9. The van der Waals surface area contributed by atoms with Gasteiger partial charge >= 0.3 is 0 Å². The van der Waals surface area contributed by atoms with Gasteiger partial charge in [-0.15, -0.1) is 24.0 Å². The first-order valence-electron chi connectivity index (χ1n) is 11.3. The van der Waals surface area contributed by atoms with Gasteiger partial charge in [0.05, 0.1) is 13.7 Å². The van der Waals surface area contributed by atoms with Crippen molar-refractivity contribution in [3.05, 3.63) is 53.0 Å². The second-order valence-electron chi connectivity index (χ2n) is 8.83. The Kier molecular flexibility index (Phi) is 10.1. The van der Waals surface area contributed by atoms with Crippen molar-refractivity contribution >= 4 is 29.9 Å². The lowest BCUT2D eigenvalue weighted by Crippen LogP contribution is -2.48. The summed E-state index contributed by atoms with van der Waals surface area (Å²) in [5.41, 5.74) is 1.08. The van der Waals surface area contributed by atoms with Gasteiger partial charge in [-0.3, -0.25) is 0 Å². The van der Waals surface area contributed by atoms with Crippen molar-refractivity contribution in [2.45, 2.75) is 51.6 Å². The fraction of sp³-hybridized carbons (Fsp3) is 0.560. The number of ether oxygens (including phenoxy) is 2. The Morgan fingerprint density at radius 3 is 2.52 bits per heavy atom. The van der Waals surface area contributed by atoms with Crippen LogP contribution in [0.2, 0.25) is 0 Å². The van der Waals surface area contributed by atoms with E-state index in [0.29, 0.717) is 31.5 Å². The largest absolute Gasteiger partial charge is 0.496 e. The van der Waals surface area contributed by atoms with E-state index >= 15 is 0 Å². The van der Waals surface area contributed by atoms with Gasteiger partial charge in [0.1, 0.15) is 22.9 Å². The van der Waals surface area contributed by atoms with Gasteiger partial charge in [-0.05, 0) is 58.7 Å². The fourth-order valence-corrected chi connectivity index (χ4v) is 4.17. The van der Waals surface area contributed by atoms with E-state index in [9.17, 15) is 5.11 Å². The van der Waals surface area contributed by atoms with E-state index in [0.717, 1.165) is 30.9 Å². The van der Waals surface area contributed by atoms with E-state index in [1.807, 2.05) is 26.0 Å². The average molecular weight is 572 g/mol. The summed E-state index contributed by atoms with van der Waals surface area (Å²) in [5, 5.41) is 17.7. The van der Waals surface area contributed by atoms with Gasteiger partial charge in [0.2, 0.25) is 0 Å². The highest BCUT2D eigenvalue weighted by Gasteiger charge is 2.37. The zero-order valence-electron chi connectivity index (χ0n) is 20.4. The molecular weight excluding hydrogens is 533 g/mol. The molecule has 184 valence electrons. The summed E-state index contributed by atoms with van der Waals surface area (Å²) in [6.07, 6.45) is 1.78. The lowest BCUT2D eigenvalue weighted by Gasteiger charge is -2.39. The van der Waals surface area contributed by atoms with Crippen molar-refractivity contribution in [2.75, 3.05) is 40.0 Å². The Morgan fingerprint density at radius 2 is 1.91 bits per heavy atom. The van der Waals surface area contributed by atoms with Gasteiger partial charge in [0, 0.05) is 37.3 Å². The second kappa shape index (κ2) is 12.1. The van der Waals surface area contributed by atoms with Gasteiger partial charge in [-0.25, -0.2) is 4.99 Å². The molecule has 33 heavy (non-hydrogen) atoms. The van der Waals surface area contributed by atoms with Crippen LogP contribution in [0.4, 0.5) is 0 Å². The summed E-state index contributed by atoms with van der Waals surface area (Å²) in [5.74, 6) is 2.84. The Morgan fingerprint density at radius 1 is 1.18 bits per heavy atom. The van der Waals surface area contributed by atoms with Crippen molar-refractivity contribution in [2.24, 2.45) is 4.99 Å². The smallest absolute Gasteiger partial charge is 0.191 e. The summed E-state index contributed by atoms with van der Waals surface area (Å²) < 4.78 is 17.0. The second-order valence-corrected chi connectivity index (χ2v) is 8.83. The van der Waals surface area contributed by atoms with E-state index in [2.05, 4.69) is 34.7 Å². The minimum Gasteiger partial charge on any atom is -0.496 e. The number of benzene rings is 1. The maximum atomic E-state index is 10.9. The van der Waals surface area contributed by atoms with Crippen LogP contribution in [0.5, 0.6) is 5.75 Å². The van der Waals surface area contributed by atoms with Crippen LogP contribution >= 0.6 is 24.0 Å². The van der Waals surface area contributed by atoms with Crippen LogP contribution in [-0.2, 0) is 15.8 Å². The van der Waals surface area contributed by atoms with E-state index in [1.54, 1.807) is 20.1 Å². The van der Waals surface area contributed by atoms with Gasteiger partial charge in [-0.1, -0.05) is 17.7 Å². The molecule has 1 saturated heterocycles. The highest BCUT2D eigenvalue weighted by Crippen LogP contribution is 2.40. The van der Waals surface area contributed by atoms with Crippen molar-refractivity contribution in [1.29, 1.82) is 0 Å². The summed E-state index contributed by atoms with van der Waals surface area (Å²) in [6, 6.07) is 9.99. The average Bonchev–Trinajstić information content (AvgIpc) is 3.23. The molecule has 0 saturated carbocycles. The van der Waals surface area contributed by atoms with Crippen LogP contribution in [0.3, 0.4) is 0 Å². The summed E-state index contributed by atoms with van der Waals surface area (Å²) >= 11 is 0. The number of hydrogen-bond donors (Lipinski definition) is 3. The molecule has 0 radical (unpaired) electrons. The Bertz CT molecular complexity index is 920. The third-order valence-electron chi connectivity index (χ3n) is 6.13. The molecule has 1 aromatic carbocycles. The van der Waals surface area contributed by atoms with Crippen molar-refractivity contribution < 1.29 is 19.0 Å². The highest BCUT2D eigenvalue weighted by molar-refractivity contribution is 14.0. The molecule has 0 bridgehead atoms. The topological polar surface area (TPSA) is 88.3 Å². The van der Waals surface area contributed by atoms with Crippen LogP contribution in [-0.4, -0.2) is 51.0 Å². The predicted molar refractivity (Wildman–Crippen MR) is 142 cm³/mol. The van der Waals surface area contributed by atoms with Crippen LogP contribution in [0.1, 0.15) is 49.3 Å². The summed E-state index contributed by atoms with van der Waals surface area (Å²) in [7, 11) is 1.72. The first kappa shape index (κ1) is 27.5. The molecule has 1 aliphatic heterocycles. The SMILES string of the molecule is CCNC(=NCC(C)(O)c1ccc(C)o1)NCC1(c2cc(C)ccc2OC)CCOCC1.I. The van der Waals surface area contributed by atoms with Crippen LogP contribution in [0, 0.1) is 13.8 Å². The Balaban J connectivity index is 0.00000385. The van der Waals surface area contributed by atoms with Gasteiger partial charge in [0.15, 0.2) is 5.96 Å². The number of nitrogens with one attached hydrogen (secondary N) is 2. The molecule has 1 unspecified atom stereocenters. The molecule has 2 heterocycles. The number of furan rings is 1. The molecule has 7 nitrogen and oxygen atoms in total. The number of rotatable bonds is 8. The lowest BCUT2D eigenvalue weighted by atomic mass is 9.73. The van der Waals surface area contributed by atoms with E-state index in [-0.39, 0.29) is 35.9 Å². The standard InChI is InChI=1S/C25H37N3O4.HI/c1-6-26-23(27-16-24(4,29)22-10-8-19(3)32-22)28-17-25(11-13-31-14-12-25)20-15-18(2)7-9-21(20)30-5;/h7-10,15,29H,6,11-14,16-17H2,1-5H3,(H2,26,27,28);1H. The molecular formula is C25H38IN3O4. The van der Waals surface area contributed by atoms with Crippen LogP contribution < -0.4 is 15.4 Å². The van der Waals surface area contributed by atoms with Crippen molar-refractivity contribution in [1.82, 2.24) is 10.6 Å². The molecule has 1 fully saturated rings. The molecule has 2 aromatic rings. The molecule has 1 aliphatic rings. The third kappa shape index (κ3) is 6.86. The van der Waals surface area contributed by atoms with Gasteiger partial charge in [0.25, 0.3) is 0 Å². The number of aliphatic hydroxyl groups is 1. The van der Waals surface area contributed by atoms with Gasteiger partial charge in [-0.2, -0.15) is 0 Å². The lowest BCUT2D eigenvalue weighted by molar-refractivity contribution is 0.0427. The zero-order valence-corrected chi connectivity index (χ0v) is 22.7. The van der Waals surface area contributed by atoms with Crippen molar-refractivity contribution in [3.63, 3.8) is 0 Å². The molecule has 3 rings (SSSR count). The fourth-order valence-electron chi connectivity index (χ4n) is 4.17. The number of guanidine groups is 1. The minimum atomic E-state index is -1.19. The molecule has 1 atom stereocenters. The van der Waals surface area contributed by atoms with Crippen LogP contribution in [0.25, 0.3) is 0 Å². The molecule has 0 aliphatic carbocycles. The number of methoxy groups -OCH3 is 1. The molecule has 1 aromatic heterocycles. The molecule has 8 heteroatoms. The summed E-state index contributed by atoms with van der Waals surface area (Å²) in [6.45, 7) is 10.7. The van der Waals surface area contributed by atoms with Crippen molar-refractivity contribution in [3.8, 4) is 5.75 Å². The molecule has 3 N–H and O–H groups in total. The maximum Gasteiger partial charge on any atom is 0.191 e. The van der Waals surface area contributed by atoms with Crippen LogP contribution in [0.15, 0.2) is 39.7 Å². The highest BCUT2D eigenvalue weighted by atomic mass is 127. The normalized spacial score (nSPS) is 17.6. The number of aryl methyl sites for hydroxylation is 2. The number of hydrogen-bond acceptors (Lipinski definition) is 5. The first-order chi connectivity index (χ1) is 15.3. The van der Waals surface area contributed by atoms with E-state index < -0.39 is 5.60 Å². The first-order valence-corrected chi connectivity index (χ1v) is 11.3. The number of nitrogens with zero attached hydrogens (tertiary/aromatic N) is 1. The minimum absolute atomic E-state index is 0. The Labute approximate surface area is 214 Å². The predicted octanol–water partition coefficient (Wildman–Crippen LogP) is 4.03. The Hall–Kier alpha value is -1.78. The summed E-state index contributed by atoms with van der Waals surface area (Å²) in [4.78, 5) is 4.66. The third-order valence-corrected chi connectivity index (χ3v) is 6.13. The monoisotopic (exact) mass is 571 g/mol. The van der Waals surface area contributed by atoms with E-state index in [4.69, 9.17) is 13.9 Å². The number of aliphatic imine (C=N–C) groups is 1.